The van der Waals surface area contributed by atoms with Crippen LogP contribution in [0.1, 0.15) is 72.9 Å². The molecule has 1 aromatic heterocycles. The number of ether oxygens (including phenoxy) is 1. The molecule has 1 N–H and O–H groups in total. The van der Waals surface area contributed by atoms with E-state index in [0.717, 1.165) is 48.4 Å². The lowest BCUT2D eigenvalue weighted by atomic mass is 9.92. The highest BCUT2D eigenvalue weighted by atomic mass is 79.9. The summed E-state index contributed by atoms with van der Waals surface area (Å²) >= 11 is 3.47. The number of esters is 1. The van der Waals surface area contributed by atoms with Crippen LogP contribution in [0.3, 0.4) is 0 Å². The molecule has 1 saturated heterocycles. The maximum absolute atomic E-state index is 14.8. The Labute approximate surface area is 240 Å². The van der Waals surface area contributed by atoms with Gasteiger partial charge < -0.3 is 15.0 Å². The third-order valence-corrected chi connectivity index (χ3v) is 7.68. The van der Waals surface area contributed by atoms with E-state index < -0.39 is 35.8 Å². The third kappa shape index (κ3) is 6.95. The van der Waals surface area contributed by atoms with Gasteiger partial charge in [0.25, 0.3) is 5.91 Å². The summed E-state index contributed by atoms with van der Waals surface area (Å²) < 4.78 is 48.9. The normalized spacial score (nSPS) is 14.8. The number of fused-ring (bicyclic) bond motifs is 1. The minimum absolute atomic E-state index is 0.0452. The molecule has 1 fully saturated rings. The largest absolute Gasteiger partial charge is 0.431 e. The van der Waals surface area contributed by atoms with Gasteiger partial charge in [-0.2, -0.15) is 0 Å². The van der Waals surface area contributed by atoms with Crippen LogP contribution in [0.2, 0.25) is 0 Å². The molecule has 2 unspecified atom stereocenters. The highest BCUT2D eigenvalue weighted by Gasteiger charge is 2.26. The lowest BCUT2D eigenvalue weighted by molar-refractivity contribution is -0.158. The summed E-state index contributed by atoms with van der Waals surface area (Å²) in [6.07, 6.45) is 0.623. The zero-order valence-corrected chi connectivity index (χ0v) is 24.2. The van der Waals surface area contributed by atoms with Crippen LogP contribution >= 0.6 is 15.9 Å². The van der Waals surface area contributed by atoms with Crippen molar-refractivity contribution in [2.75, 3.05) is 24.5 Å². The second kappa shape index (κ2) is 13.5. The molecule has 2 atom stereocenters. The Balaban J connectivity index is 1.61. The van der Waals surface area contributed by atoms with E-state index in [1.165, 1.54) is 6.07 Å². The van der Waals surface area contributed by atoms with E-state index >= 15 is 0 Å². The van der Waals surface area contributed by atoms with Gasteiger partial charge in [-0.1, -0.05) is 28.9 Å². The molecule has 0 saturated carbocycles. The molecule has 1 aliphatic heterocycles. The van der Waals surface area contributed by atoms with Crippen molar-refractivity contribution >= 4 is 44.5 Å². The van der Waals surface area contributed by atoms with Crippen molar-refractivity contribution < 1.29 is 27.5 Å². The highest BCUT2D eigenvalue weighted by molar-refractivity contribution is 9.10. The SMILES string of the molecule is CCCC(F)OC(=O)CCC(CNC(=O)c1c(C)c(N2CCCC2)nc2ccc(Br)cc12)c1c(F)cccc1F. The van der Waals surface area contributed by atoms with Gasteiger partial charge in [-0.25, -0.2) is 18.2 Å². The van der Waals surface area contributed by atoms with Gasteiger partial charge in [-0.05, 0) is 62.9 Å². The van der Waals surface area contributed by atoms with Gasteiger partial charge in [0.05, 0.1) is 11.1 Å². The second-order valence-electron chi connectivity index (χ2n) is 10.1. The average Bonchev–Trinajstić information content (AvgIpc) is 3.44. The van der Waals surface area contributed by atoms with Crippen molar-refractivity contribution in [2.45, 2.75) is 64.6 Å². The summed E-state index contributed by atoms with van der Waals surface area (Å²) in [6, 6.07) is 9.04. The Morgan fingerprint density at radius 1 is 1.12 bits per heavy atom. The Morgan fingerprint density at radius 3 is 2.50 bits per heavy atom. The molecular formula is C30H33BrF3N3O3. The number of hydrogen-bond donors (Lipinski definition) is 1. The topological polar surface area (TPSA) is 71.5 Å². The molecule has 0 spiro atoms. The molecule has 6 nitrogen and oxygen atoms in total. The molecule has 2 heterocycles. The number of alkyl halides is 1. The van der Waals surface area contributed by atoms with Crippen LogP contribution < -0.4 is 10.2 Å². The Bertz CT molecular complexity index is 1360. The quantitative estimate of drug-likeness (QED) is 0.231. The molecule has 1 aliphatic rings. The van der Waals surface area contributed by atoms with Crippen molar-refractivity contribution in [3.05, 3.63) is 69.2 Å². The Kier molecular flexibility index (Phi) is 10.1. The standard InChI is InChI=1S/C30H33BrF3N3O3/c1-3-7-25(34)40-26(38)13-10-19(28-22(32)8-6-9-23(28)33)17-35-30(39)27-18(2)29(37-14-4-5-15-37)36-24-12-11-20(31)16-21(24)27/h6,8-9,11-12,16,19,25H,3-5,7,10,13-15,17H2,1-2H3,(H,35,39). The van der Waals surface area contributed by atoms with Crippen molar-refractivity contribution in [1.82, 2.24) is 10.3 Å². The van der Waals surface area contributed by atoms with Gasteiger partial charge in [0.2, 0.25) is 6.36 Å². The minimum Gasteiger partial charge on any atom is -0.431 e. The van der Waals surface area contributed by atoms with Gasteiger partial charge in [0, 0.05) is 59.4 Å². The van der Waals surface area contributed by atoms with E-state index in [1.54, 1.807) is 6.92 Å². The Hall–Kier alpha value is -3.14. The maximum Gasteiger partial charge on any atom is 0.308 e. The monoisotopic (exact) mass is 619 g/mol. The number of halogens is 4. The number of nitrogens with one attached hydrogen (secondary N) is 1. The molecule has 10 heteroatoms. The number of nitrogens with zero attached hydrogens (tertiary/aromatic N) is 2. The van der Waals surface area contributed by atoms with E-state index in [0.29, 0.717) is 28.5 Å². The smallest absolute Gasteiger partial charge is 0.308 e. The van der Waals surface area contributed by atoms with Crippen LogP contribution in [0.15, 0.2) is 40.9 Å². The van der Waals surface area contributed by atoms with Crippen LogP contribution in [0.25, 0.3) is 10.9 Å². The number of pyridine rings is 1. The fraction of sp³-hybridized carbons (Fsp3) is 0.433. The maximum atomic E-state index is 14.8. The summed E-state index contributed by atoms with van der Waals surface area (Å²) in [5.74, 6) is -2.94. The summed E-state index contributed by atoms with van der Waals surface area (Å²) in [7, 11) is 0. The van der Waals surface area contributed by atoms with Crippen LogP contribution in [0, 0.1) is 18.6 Å². The molecule has 214 valence electrons. The first kappa shape index (κ1) is 29.8. The molecule has 3 aromatic rings. The van der Waals surface area contributed by atoms with Gasteiger partial charge in [0.15, 0.2) is 0 Å². The molecule has 4 rings (SSSR count). The summed E-state index contributed by atoms with van der Waals surface area (Å²) in [4.78, 5) is 32.9. The van der Waals surface area contributed by atoms with Crippen molar-refractivity contribution in [1.29, 1.82) is 0 Å². The van der Waals surface area contributed by atoms with Crippen molar-refractivity contribution in [2.24, 2.45) is 0 Å². The first-order valence-electron chi connectivity index (χ1n) is 13.6. The zero-order valence-electron chi connectivity index (χ0n) is 22.6. The number of hydrogen-bond acceptors (Lipinski definition) is 5. The van der Waals surface area contributed by atoms with Crippen LogP contribution in [-0.4, -0.2) is 42.9 Å². The van der Waals surface area contributed by atoms with Crippen molar-refractivity contribution in [3.8, 4) is 0 Å². The Morgan fingerprint density at radius 2 is 1.82 bits per heavy atom. The number of rotatable bonds is 11. The lowest BCUT2D eigenvalue weighted by Gasteiger charge is -2.23. The molecule has 1 amide bonds. The number of amides is 1. The molecule has 40 heavy (non-hydrogen) atoms. The van der Waals surface area contributed by atoms with E-state index in [-0.39, 0.29) is 31.4 Å². The second-order valence-corrected chi connectivity index (χ2v) is 11.0. The van der Waals surface area contributed by atoms with Crippen molar-refractivity contribution in [3.63, 3.8) is 0 Å². The number of aromatic nitrogens is 1. The summed E-state index contributed by atoms with van der Waals surface area (Å²) in [5.41, 5.74) is 1.57. The zero-order chi connectivity index (χ0) is 28.8. The highest BCUT2D eigenvalue weighted by Crippen LogP contribution is 2.32. The molecular weight excluding hydrogens is 587 g/mol. The van der Waals surface area contributed by atoms with Crippen LogP contribution in [0.4, 0.5) is 19.0 Å². The molecule has 0 bridgehead atoms. The third-order valence-electron chi connectivity index (χ3n) is 7.19. The fourth-order valence-electron chi connectivity index (χ4n) is 5.18. The summed E-state index contributed by atoms with van der Waals surface area (Å²) in [6.45, 7) is 5.16. The van der Waals surface area contributed by atoms with Gasteiger partial charge in [-0.3, -0.25) is 9.59 Å². The van der Waals surface area contributed by atoms with Gasteiger partial charge >= 0.3 is 5.97 Å². The first-order chi connectivity index (χ1) is 19.2. The van der Waals surface area contributed by atoms with E-state index in [1.807, 2.05) is 25.1 Å². The van der Waals surface area contributed by atoms with Crippen LogP contribution in [-0.2, 0) is 9.53 Å². The summed E-state index contributed by atoms with van der Waals surface area (Å²) in [5, 5.41) is 3.49. The van der Waals surface area contributed by atoms with Gasteiger partial charge in [0.1, 0.15) is 17.5 Å². The predicted molar refractivity (Wildman–Crippen MR) is 152 cm³/mol. The van der Waals surface area contributed by atoms with Gasteiger partial charge in [-0.15, -0.1) is 0 Å². The van der Waals surface area contributed by atoms with E-state index in [9.17, 15) is 22.8 Å². The number of carbonyl (C=O) groups excluding carboxylic acids is 2. The lowest BCUT2D eigenvalue weighted by Crippen LogP contribution is -2.31. The molecule has 0 aliphatic carbocycles. The number of anilines is 1. The predicted octanol–water partition coefficient (Wildman–Crippen LogP) is 7.12. The number of benzene rings is 2. The first-order valence-corrected chi connectivity index (χ1v) is 14.4. The number of carbonyl (C=O) groups is 2. The van der Waals surface area contributed by atoms with E-state index in [4.69, 9.17) is 9.72 Å². The minimum atomic E-state index is -1.73. The van der Waals surface area contributed by atoms with Crippen LogP contribution in [0.5, 0.6) is 0 Å². The fourth-order valence-corrected chi connectivity index (χ4v) is 5.54. The molecule has 2 aromatic carbocycles. The van der Waals surface area contributed by atoms with E-state index in [2.05, 4.69) is 26.1 Å². The molecule has 0 radical (unpaired) electrons. The average molecular weight is 621 g/mol.